The first kappa shape index (κ1) is 12.9. The van der Waals surface area contributed by atoms with Crippen molar-refractivity contribution in [2.45, 2.75) is 23.8 Å². The highest BCUT2D eigenvalue weighted by atomic mass is 79.9. The first-order valence-electron chi connectivity index (χ1n) is 5.67. The van der Waals surface area contributed by atoms with Crippen LogP contribution in [0.2, 0.25) is 0 Å². The number of hydrogen-bond donors (Lipinski definition) is 3. The second-order valence-electron chi connectivity index (χ2n) is 4.16. The van der Waals surface area contributed by atoms with Crippen molar-refractivity contribution in [1.82, 2.24) is 10.6 Å². The molecule has 1 aromatic rings. The van der Waals surface area contributed by atoms with E-state index >= 15 is 0 Å². The van der Waals surface area contributed by atoms with Crippen LogP contribution >= 0.6 is 28.6 Å². The average molecular weight is 315 g/mol. The largest absolute Gasteiger partial charge is 0.349 e. The molecule has 0 saturated carbocycles. The minimum absolute atomic E-state index is 0.0330. The molecule has 1 amide bonds. The molecule has 0 aromatic heterocycles. The predicted molar refractivity (Wildman–Crippen MR) is 74.8 cm³/mol. The summed E-state index contributed by atoms with van der Waals surface area (Å²) in [5, 5.41) is 6.33. The lowest BCUT2D eigenvalue weighted by Gasteiger charge is -2.23. The molecule has 0 aliphatic carbocycles. The first-order valence-corrected chi connectivity index (χ1v) is 6.91. The van der Waals surface area contributed by atoms with Crippen molar-refractivity contribution in [2.24, 2.45) is 0 Å². The number of hydrogen-bond acceptors (Lipinski definition) is 3. The molecule has 2 rings (SSSR count). The van der Waals surface area contributed by atoms with Gasteiger partial charge in [-0.05, 0) is 44.1 Å². The molecular formula is C12H15BrN2OS. The normalized spacial score (nSPS) is 16.8. The Morgan fingerprint density at radius 3 is 2.76 bits per heavy atom. The second-order valence-corrected chi connectivity index (χ2v) is 5.56. The summed E-state index contributed by atoms with van der Waals surface area (Å²) in [4.78, 5) is 12.7. The van der Waals surface area contributed by atoms with Gasteiger partial charge in [0.05, 0.1) is 5.56 Å². The molecular weight excluding hydrogens is 300 g/mol. The summed E-state index contributed by atoms with van der Waals surface area (Å²) in [7, 11) is 0. The van der Waals surface area contributed by atoms with Gasteiger partial charge < -0.3 is 10.6 Å². The molecule has 2 N–H and O–H groups in total. The summed E-state index contributed by atoms with van der Waals surface area (Å²) in [6.45, 7) is 1.94. The van der Waals surface area contributed by atoms with E-state index in [1.54, 1.807) is 6.07 Å². The van der Waals surface area contributed by atoms with E-state index in [-0.39, 0.29) is 11.9 Å². The predicted octanol–water partition coefficient (Wildman–Crippen LogP) is 2.22. The van der Waals surface area contributed by atoms with Crippen molar-refractivity contribution in [1.29, 1.82) is 0 Å². The lowest BCUT2D eigenvalue weighted by molar-refractivity contribution is 0.0926. The number of amides is 1. The Labute approximate surface area is 115 Å². The highest BCUT2D eigenvalue weighted by Gasteiger charge is 2.17. The Bertz CT molecular complexity index is 419. The molecule has 92 valence electrons. The van der Waals surface area contributed by atoms with Crippen molar-refractivity contribution in [3.05, 3.63) is 28.2 Å². The first-order chi connectivity index (χ1) is 8.16. The molecule has 17 heavy (non-hydrogen) atoms. The quantitative estimate of drug-likeness (QED) is 0.733. The van der Waals surface area contributed by atoms with Gasteiger partial charge in [-0.1, -0.05) is 15.9 Å². The van der Waals surface area contributed by atoms with E-state index in [1.165, 1.54) is 0 Å². The van der Waals surface area contributed by atoms with Crippen LogP contribution in [0.3, 0.4) is 0 Å². The van der Waals surface area contributed by atoms with E-state index in [2.05, 4.69) is 39.2 Å². The molecule has 1 aliphatic rings. The fourth-order valence-electron chi connectivity index (χ4n) is 1.93. The van der Waals surface area contributed by atoms with Crippen LogP contribution in [0.4, 0.5) is 0 Å². The summed E-state index contributed by atoms with van der Waals surface area (Å²) in [6.07, 6.45) is 1.98. The lowest BCUT2D eigenvalue weighted by atomic mass is 10.1. The van der Waals surface area contributed by atoms with Crippen LogP contribution in [0.1, 0.15) is 23.2 Å². The van der Waals surface area contributed by atoms with Gasteiger partial charge in [0.25, 0.3) is 5.91 Å². The van der Waals surface area contributed by atoms with Gasteiger partial charge in [-0.15, -0.1) is 12.6 Å². The van der Waals surface area contributed by atoms with Crippen molar-refractivity contribution in [3.8, 4) is 0 Å². The Morgan fingerprint density at radius 2 is 2.12 bits per heavy atom. The molecule has 1 saturated heterocycles. The molecule has 1 aliphatic heterocycles. The molecule has 5 heteroatoms. The second kappa shape index (κ2) is 5.89. The topological polar surface area (TPSA) is 41.1 Å². The van der Waals surface area contributed by atoms with Gasteiger partial charge in [0.15, 0.2) is 0 Å². The number of piperidine rings is 1. The minimum atomic E-state index is -0.0330. The summed E-state index contributed by atoms with van der Waals surface area (Å²) in [5.74, 6) is -0.0330. The van der Waals surface area contributed by atoms with Gasteiger partial charge in [-0.3, -0.25) is 4.79 Å². The Hall–Kier alpha value is -0.520. The maximum absolute atomic E-state index is 12.0. The van der Waals surface area contributed by atoms with Crippen LogP contribution < -0.4 is 10.6 Å². The van der Waals surface area contributed by atoms with Gasteiger partial charge in [0.1, 0.15) is 0 Å². The van der Waals surface area contributed by atoms with Crippen molar-refractivity contribution in [2.75, 3.05) is 13.1 Å². The standard InChI is InChI=1S/C12H15BrN2OS/c13-8-1-2-10(11(17)7-8)12(16)15-9-3-5-14-6-4-9/h1-2,7,9,14,17H,3-6H2,(H,15,16). The van der Waals surface area contributed by atoms with Crippen LogP contribution in [-0.4, -0.2) is 25.0 Å². The van der Waals surface area contributed by atoms with E-state index in [9.17, 15) is 4.79 Å². The van der Waals surface area contributed by atoms with Crippen LogP contribution in [0.15, 0.2) is 27.6 Å². The third-order valence-electron chi connectivity index (χ3n) is 2.88. The molecule has 1 aromatic carbocycles. The number of carbonyl (C=O) groups excluding carboxylic acids is 1. The fourth-order valence-corrected chi connectivity index (χ4v) is 2.78. The van der Waals surface area contributed by atoms with Crippen LogP contribution in [-0.2, 0) is 0 Å². The number of nitrogens with one attached hydrogen (secondary N) is 2. The van der Waals surface area contributed by atoms with Crippen molar-refractivity contribution in [3.63, 3.8) is 0 Å². The van der Waals surface area contributed by atoms with Crippen LogP contribution in [0, 0.1) is 0 Å². The summed E-state index contributed by atoms with van der Waals surface area (Å²) >= 11 is 7.68. The third kappa shape index (κ3) is 3.47. The van der Waals surface area contributed by atoms with Gasteiger partial charge in [-0.2, -0.15) is 0 Å². The fraction of sp³-hybridized carbons (Fsp3) is 0.417. The van der Waals surface area contributed by atoms with Gasteiger partial charge in [-0.25, -0.2) is 0 Å². The lowest BCUT2D eigenvalue weighted by Crippen LogP contribution is -2.42. The third-order valence-corrected chi connectivity index (χ3v) is 3.74. The number of halogens is 1. The molecule has 1 heterocycles. The maximum Gasteiger partial charge on any atom is 0.252 e. The minimum Gasteiger partial charge on any atom is -0.349 e. The molecule has 1 fully saturated rings. The molecule has 0 radical (unpaired) electrons. The summed E-state index contributed by atoms with van der Waals surface area (Å²) in [5.41, 5.74) is 0.634. The molecule has 0 spiro atoms. The van der Waals surface area contributed by atoms with E-state index in [1.807, 2.05) is 12.1 Å². The number of thiol groups is 1. The number of carbonyl (C=O) groups is 1. The van der Waals surface area contributed by atoms with Crippen molar-refractivity contribution >= 4 is 34.5 Å². The van der Waals surface area contributed by atoms with E-state index in [0.717, 1.165) is 30.4 Å². The Balaban J connectivity index is 2.03. The zero-order valence-electron chi connectivity index (χ0n) is 9.37. The smallest absolute Gasteiger partial charge is 0.252 e. The van der Waals surface area contributed by atoms with Gasteiger partial charge in [0.2, 0.25) is 0 Å². The number of benzene rings is 1. The van der Waals surface area contributed by atoms with Crippen LogP contribution in [0.5, 0.6) is 0 Å². The Kier molecular flexibility index (Phi) is 4.48. The van der Waals surface area contributed by atoms with Crippen LogP contribution in [0.25, 0.3) is 0 Å². The monoisotopic (exact) mass is 314 g/mol. The molecule has 0 unspecified atom stereocenters. The highest BCUT2D eigenvalue weighted by molar-refractivity contribution is 9.10. The van der Waals surface area contributed by atoms with E-state index < -0.39 is 0 Å². The molecule has 0 atom stereocenters. The van der Waals surface area contributed by atoms with E-state index in [0.29, 0.717) is 10.5 Å². The zero-order chi connectivity index (χ0) is 12.3. The molecule has 3 nitrogen and oxygen atoms in total. The molecule has 0 bridgehead atoms. The maximum atomic E-state index is 12.0. The zero-order valence-corrected chi connectivity index (χ0v) is 11.9. The SMILES string of the molecule is O=C(NC1CCNCC1)c1ccc(Br)cc1S. The van der Waals surface area contributed by atoms with Gasteiger partial charge >= 0.3 is 0 Å². The summed E-state index contributed by atoms with van der Waals surface area (Å²) < 4.78 is 0.931. The van der Waals surface area contributed by atoms with Crippen molar-refractivity contribution < 1.29 is 4.79 Å². The highest BCUT2D eigenvalue weighted by Crippen LogP contribution is 2.20. The average Bonchev–Trinajstić information content (AvgIpc) is 2.30. The number of rotatable bonds is 2. The Morgan fingerprint density at radius 1 is 1.41 bits per heavy atom. The summed E-state index contributed by atoms with van der Waals surface area (Å²) in [6, 6.07) is 5.76. The van der Waals surface area contributed by atoms with Gasteiger partial charge in [0, 0.05) is 15.4 Å². The van der Waals surface area contributed by atoms with E-state index in [4.69, 9.17) is 0 Å².